The highest BCUT2D eigenvalue weighted by Gasteiger charge is 2.43. The Morgan fingerprint density at radius 1 is 1.24 bits per heavy atom. The number of hydrogen-bond acceptors (Lipinski definition) is 3. The fourth-order valence-corrected chi connectivity index (χ4v) is 3.44. The molecule has 0 heterocycles. The van der Waals surface area contributed by atoms with E-state index in [1.54, 1.807) is 7.11 Å². The molecule has 0 spiro atoms. The number of hydrogen-bond donors (Lipinski definition) is 1. The van der Waals surface area contributed by atoms with E-state index in [2.05, 4.69) is 13.8 Å². The van der Waals surface area contributed by atoms with Gasteiger partial charge in [-0.1, -0.05) is 20.8 Å². The van der Waals surface area contributed by atoms with Gasteiger partial charge in [0.05, 0.1) is 18.4 Å². The molecular weight excluding hydrogens is 270 g/mol. The predicted molar refractivity (Wildman–Crippen MR) is 81.0 cm³/mol. The number of carboxylic acids is 1. The maximum absolute atomic E-state index is 12.9. The summed E-state index contributed by atoms with van der Waals surface area (Å²) in [5.41, 5.74) is 0. The second-order valence-electron chi connectivity index (χ2n) is 6.12. The number of carbonyl (C=O) groups is 2. The lowest BCUT2D eigenvalue weighted by Gasteiger charge is -2.33. The standard InChI is InChI=1S/C16H29NO4/c1-5-12(6-2)17(7-8-21-4)15(18)13-9-11(3)10-14(13)16(19)20/h11-14H,5-10H2,1-4H3,(H,19,20). The summed E-state index contributed by atoms with van der Waals surface area (Å²) in [7, 11) is 1.62. The van der Waals surface area contributed by atoms with Crippen molar-refractivity contribution in [1.82, 2.24) is 4.90 Å². The molecule has 21 heavy (non-hydrogen) atoms. The molecular formula is C16H29NO4. The minimum Gasteiger partial charge on any atom is -0.481 e. The molecule has 1 fully saturated rings. The van der Waals surface area contributed by atoms with Gasteiger partial charge in [0.15, 0.2) is 0 Å². The Hall–Kier alpha value is -1.10. The molecule has 1 aliphatic rings. The zero-order valence-corrected chi connectivity index (χ0v) is 13.7. The molecule has 0 aromatic rings. The molecule has 5 nitrogen and oxygen atoms in total. The highest BCUT2D eigenvalue weighted by molar-refractivity contribution is 5.85. The fraction of sp³-hybridized carbons (Fsp3) is 0.875. The zero-order valence-electron chi connectivity index (χ0n) is 13.7. The number of rotatable bonds is 8. The first kappa shape index (κ1) is 18.0. The molecule has 1 aliphatic carbocycles. The van der Waals surface area contributed by atoms with Crippen molar-refractivity contribution < 1.29 is 19.4 Å². The normalized spacial score (nSPS) is 25.3. The van der Waals surface area contributed by atoms with Gasteiger partial charge in [0.25, 0.3) is 0 Å². The van der Waals surface area contributed by atoms with Crippen LogP contribution in [0.1, 0.15) is 46.5 Å². The molecule has 0 bridgehead atoms. The summed E-state index contributed by atoms with van der Waals surface area (Å²) in [5, 5.41) is 9.37. The van der Waals surface area contributed by atoms with Gasteiger partial charge in [0.1, 0.15) is 0 Å². The van der Waals surface area contributed by atoms with Crippen molar-refractivity contribution in [3.05, 3.63) is 0 Å². The summed E-state index contributed by atoms with van der Waals surface area (Å²) in [6.45, 7) is 7.18. The second kappa shape index (κ2) is 8.37. The van der Waals surface area contributed by atoms with Crippen LogP contribution in [0.2, 0.25) is 0 Å². The van der Waals surface area contributed by atoms with Crippen LogP contribution in [0.5, 0.6) is 0 Å². The lowest BCUT2D eigenvalue weighted by molar-refractivity contribution is -0.150. The Morgan fingerprint density at radius 2 is 1.81 bits per heavy atom. The van der Waals surface area contributed by atoms with Gasteiger partial charge in [-0.15, -0.1) is 0 Å². The van der Waals surface area contributed by atoms with Crippen LogP contribution in [-0.2, 0) is 14.3 Å². The molecule has 122 valence electrons. The highest BCUT2D eigenvalue weighted by atomic mass is 16.5. The number of methoxy groups -OCH3 is 1. The SMILES string of the molecule is CCC(CC)N(CCOC)C(=O)C1CC(C)CC1C(=O)O. The second-order valence-corrected chi connectivity index (χ2v) is 6.12. The summed E-state index contributed by atoms with van der Waals surface area (Å²) in [5.74, 6) is -1.46. The van der Waals surface area contributed by atoms with Gasteiger partial charge in [0, 0.05) is 19.7 Å². The molecule has 1 N–H and O–H groups in total. The minimum atomic E-state index is -0.839. The van der Waals surface area contributed by atoms with E-state index in [-0.39, 0.29) is 17.9 Å². The van der Waals surface area contributed by atoms with Crippen molar-refractivity contribution in [1.29, 1.82) is 0 Å². The molecule has 5 heteroatoms. The van der Waals surface area contributed by atoms with Gasteiger partial charge in [0.2, 0.25) is 5.91 Å². The summed E-state index contributed by atoms with van der Waals surface area (Å²) in [4.78, 5) is 26.1. The number of ether oxygens (including phenoxy) is 1. The van der Waals surface area contributed by atoms with Gasteiger partial charge >= 0.3 is 5.97 Å². The molecule has 3 unspecified atom stereocenters. The Morgan fingerprint density at radius 3 is 2.29 bits per heavy atom. The van der Waals surface area contributed by atoms with Crippen molar-refractivity contribution in [2.75, 3.05) is 20.3 Å². The maximum Gasteiger partial charge on any atom is 0.307 e. The van der Waals surface area contributed by atoms with Gasteiger partial charge in [-0.2, -0.15) is 0 Å². The molecule has 0 aromatic carbocycles. The monoisotopic (exact) mass is 299 g/mol. The van der Waals surface area contributed by atoms with E-state index in [1.807, 2.05) is 11.8 Å². The Kier molecular flexibility index (Phi) is 7.15. The smallest absolute Gasteiger partial charge is 0.307 e. The van der Waals surface area contributed by atoms with E-state index in [1.165, 1.54) is 0 Å². The van der Waals surface area contributed by atoms with E-state index < -0.39 is 11.9 Å². The highest BCUT2D eigenvalue weighted by Crippen LogP contribution is 2.38. The van der Waals surface area contributed by atoms with Crippen molar-refractivity contribution >= 4 is 11.9 Å². The molecule has 0 radical (unpaired) electrons. The summed E-state index contributed by atoms with van der Waals surface area (Å²) >= 11 is 0. The molecule has 3 atom stereocenters. The van der Waals surface area contributed by atoms with Gasteiger partial charge in [-0.3, -0.25) is 9.59 Å². The first-order valence-corrected chi connectivity index (χ1v) is 7.98. The van der Waals surface area contributed by atoms with Gasteiger partial charge in [-0.05, 0) is 31.6 Å². The summed E-state index contributed by atoms with van der Waals surface area (Å²) < 4.78 is 5.11. The van der Waals surface area contributed by atoms with Crippen molar-refractivity contribution in [2.24, 2.45) is 17.8 Å². The zero-order chi connectivity index (χ0) is 16.0. The first-order chi connectivity index (χ1) is 9.96. The van der Waals surface area contributed by atoms with E-state index in [9.17, 15) is 14.7 Å². The lowest BCUT2D eigenvalue weighted by Crippen LogP contribution is -2.46. The largest absolute Gasteiger partial charge is 0.481 e. The van der Waals surface area contributed by atoms with Crippen molar-refractivity contribution in [3.63, 3.8) is 0 Å². The molecule has 0 aromatic heterocycles. The molecule has 0 aliphatic heterocycles. The van der Waals surface area contributed by atoms with Crippen molar-refractivity contribution in [2.45, 2.75) is 52.5 Å². The van der Waals surface area contributed by atoms with Crippen LogP contribution < -0.4 is 0 Å². The van der Waals surface area contributed by atoms with Crippen LogP contribution in [-0.4, -0.2) is 48.2 Å². The number of nitrogens with zero attached hydrogens (tertiary/aromatic N) is 1. The third-order valence-electron chi connectivity index (χ3n) is 4.64. The Bertz CT molecular complexity index is 354. The van der Waals surface area contributed by atoms with Gasteiger partial charge in [-0.25, -0.2) is 0 Å². The molecule has 1 saturated carbocycles. The number of carbonyl (C=O) groups excluding carboxylic acids is 1. The molecule has 1 rings (SSSR count). The van der Waals surface area contributed by atoms with E-state index in [0.717, 1.165) is 12.8 Å². The number of amides is 1. The summed E-state index contributed by atoms with van der Waals surface area (Å²) in [6.07, 6.45) is 3.05. The van der Waals surface area contributed by atoms with Crippen LogP contribution in [0.25, 0.3) is 0 Å². The van der Waals surface area contributed by atoms with E-state index in [0.29, 0.717) is 31.9 Å². The average molecular weight is 299 g/mol. The van der Waals surface area contributed by atoms with Crippen LogP contribution in [0.3, 0.4) is 0 Å². The summed E-state index contributed by atoms with van der Waals surface area (Å²) in [6, 6.07) is 0.165. The van der Waals surface area contributed by atoms with E-state index in [4.69, 9.17) is 4.74 Å². The van der Waals surface area contributed by atoms with Crippen LogP contribution in [0, 0.1) is 17.8 Å². The molecule has 0 saturated heterocycles. The number of carboxylic acid groups (broad SMARTS) is 1. The Balaban J connectivity index is 2.89. The quantitative estimate of drug-likeness (QED) is 0.747. The average Bonchev–Trinajstić information content (AvgIpc) is 2.85. The van der Waals surface area contributed by atoms with Crippen molar-refractivity contribution in [3.8, 4) is 0 Å². The van der Waals surface area contributed by atoms with Crippen LogP contribution >= 0.6 is 0 Å². The van der Waals surface area contributed by atoms with E-state index >= 15 is 0 Å². The first-order valence-electron chi connectivity index (χ1n) is 7.98. The fourth-order valence-electron chi connectivity index (χ4n) is 3.44. The number of aliphatic carboxylic acids is 1. The van der Waals surface area contributed by atoms with Crippen LogP contribution in [0.15, 0.2) is 0 Å². The lowest BCUT2D eigenvalue weighted by atomic mass is 9.93. The topological polar surface area (TPSA) is 66.8 Å². The third-order valence-corrected chi connectivity index (χ3v) is 4.64. The molecule has 1 amide bonds. The minimum absolute atomic E-state index is 0.00231. The predicted octanol–water partition coefficient (Wildman–Crippen LogP) is 2.40. The maximum atomic E-state index is 12.9. The van der Waals surface area contributed by atoms with Crippen LogP contribution in [0.4, 0.5) is 0 Å². The van der Waals surface area contributed by atoms with Gasteiger partial charge < -0.3 is 14.7 Å². The Labute approximate surface area is 127 Å². The third kappa shape index (κ3) is 4.43.